The van der Waals surface area contributed by atoms with Crippen molar-refractivity contribution in [2.45, 2.75) is 188 Å². The summed E-state index contributed by atoms with van der Waals surface area (Å²) >= 11 is 0. The second kappa shape index (κ2) is 38.6. The predicted octanol–water partition coefficient (Wildman–Crippen LogP) is 13.2. The third-order valence-electron chi connectivity index (χ3n) is 11.0. The molecule has 0 aliphatic rings. The van der Waals surface area contributed by atoms with Crippen LogP contribution in [-0.4, -0.2) is 86.1 Å². The lowest BCUT2D eigenvalue weighted by atomic mass is 10.0. The van der Waals surface area contributed by atoms with E-state index < -0.39 is 38.6 Å². The van der Waals surface area contributed by atoms with Gasteiger partial charge in [-0.2, -0.15) is 0 Å². The molecule has 0 saturated carbocycles. The first-order valence-electron chi connectivity index (χ1n) is 25.1. The van der Waals surface area contributed by atoms with Crippen LogP contribution in [0.1, 0.15) is 171 Å². The maximum atomic E-state index is 12.7. The molecule has 0 spiro atoms. The average Bonchev–Trinajstić information content (AvgIpc) is 3.53. The molecule has 1 aromatic heterocycles. The Labute approximate surface area is 400 Å². The zero-order valence-electron chi connectivity index (χ0n) is 42.2. The number of hydrogen-bond acceptors (Lipinski definition) is 9. The minimum absolute atomic E-state index is 0.00219. The van der Waals surface area contributed by atoms with E-state index in [1.807, 2.05) is 63.7 Å². The molecule has 0 aliphatic carbocycles. The Bertz CT molecular complexity index is 1650. The molecule has 0 aromatic carbocycles. The van der Waals surface area contributed by atoms with Crippen molar-refractivity contribution >= 4 is 19.8 Å². The van der Waals surface area contributed by atoms with E-state index in [0.717, 1.165) is 57.8 Å². The quantitative estimate of drug-likeness (QED) is 0.0163. The number of ether oxygens (including phenoxy) is 2. The minimum Gasteiger partial charge on any atom is -0.466 e. The Balaban J connectivity index is 2.36. The number of esters is 2. The van der Waals surface area contributed by atoms with E-state index in [1.54, 1.807) is 6.08 Å². The van der Waals surface area contributed by atoms with Crippen molar-refractivity contribution in [3.05, 3.63) is 95.6 Å². The Morgan fingerprint density at radius 2 is 1.23 bits per heavy atom. The zero-order valence-corrected chi connectivity index (χ0v) is 43.1. The van der Waals surface area contributed by atoms with Crippen molar-refractivity contribution in [1.29, 1.82) is 0 Å². The van der Waals surface area contributed by atoms with Crippen molar-refractivity contribution in [1.82, 2.24) is 0 Å². The molecule has 0 bridgehead atoms. The maximum absolute atomic E-state index is 12.7. The minimum atomic E-state index is -4.42. The first kappa shape index (κ1) is 60.7. The van der Waals surface area contributed by atoms with Gasteiger partial charge in [0.05, 0.1) is 33.9 Å². The van der Waals surface area contributed by atoms with Gasteiger partial charge in [-0.3, -0.25) is 18.6 Å². The number of phosphoric ester groups is 1. The summed E-state index contributed by atoms with van der Waals surface area (Å²) in [6.45, 7) is 8.45. The summed E-state index contributed by atoms with van der Waals surface area (Å²) < 4.78 is 40.6. The van der Waals surface area contributed by atoms with Gasteiger partial charge in [-0.05, 0) is 82.8 Å². The molecule has 11 nitrogen and oxygen atoms in total. The normalized spacial score (nSPS) is 14.5. The first-order valence-corrected chi connectivity index (χ1v) is 26.6. The third-order valence-corrected chi connectivity index (χ3v) is 12.0. The molecule has 2 unspecified atom stereocenters. The number of phosphoric acid groups is 1. The van der Waals surface area contributed by atoms with E-state index in [2.05, 4.69) is 52.0 Å². The van der Waals surface area contributed by atoms with Gasteiger partial charge in [0, 0.05) is 25.7 Å². The smallest absolute Gasteiger partial charge is 0.466 e. The summed E-state index contributed by atoms with van der Waals surface area (Å²) in [7, 11) is 1.38. The fourth-order valence-electron chi connectivity index (χ4n) is 6.83. The van der Waals surface area contributed by atoms with Crippen LogP contribution in [0.25, 0.3) is 0 Å². The number of aliphatic hydroxyl groups excluding tert-OH is 1. The number of furan rings is 1. The van der Waals surface area contributed by atoms with Crippen molar-refractivity contribution < 1.29 is 51.6 Å². The van der Waals surface area contributed by atoms with Gasteiger partial charge in [0.2, 0.25) is 0 Å². The van der Waals surface area contributed by atoms with Crippen LogP contribution >= 0.6 is 7.82 Å². The number of allylic oxidation sites excluding steroid dienone is 10. The molecule has 66 heavy (non-hydrogen) atoms. The molecule has 1 heterocycles. The number of rotatable bonds is 41. The fraction of sp³-hybridized carbons (Fsp3) is 0.667. The topological polar surface area (TPSA) is 142 Å². The number of unbranched alkanes of at least 4 members (excludes halogenated alkanes) is 11. The number of quaternary nitrogens is 1. The molecule has 1 aromatic rings. The van der Waals surface area contributed by atoms with E-state index in [9.17, 15) is 24.2 Å². The van der Waals surface area contributed by atoms with Gasteiger partial charge in [0.1, 0.15) is 31.3 Å². The van der Waals surface area contributed by atoms with Gasteiger partial charge < -0.3 is 28.4 Å². The third kappa shape index (κ3) is 34.9. The highest BCUT2D eigenvalue weighted by atomic mass is 31.2. The molecule has 1 rings (SSSR count). The summed E-state index contributed by atoms with van der Waals surface area (Å²) in [6.07, 6.45) is 44.0. The number of aryl methyl sites for hydroxylation is 2. The fourth-order valence-corrected chi connectivity index (χ4v) is 7.57. The van der Waals surface area contributed by atoms with Crippen molar-refractivity contribution in [3.8, 4) is 0 Å². The SMILES string of the molecule is CC/C=C\CC(O)/C=C/C=C/C/C=C\C/C=C\C/C=C\CCC(=O)O[C@H](COC(=O)CCCCCCCCCCCCc1oc(CCCCC)c(C)c1C)COP(=O)(O)OCC[N+](C)(C)C. The first-order chi connectivity index (χ1) is 31.7. The molecule has 12 heteroatoms. The highest BCUT2D eigenvalue weighted by molar-refractivity contribution is 7.47. The van der Waals surface area contributed by atoms with E-state index in [4.69, 9.17) is 22.9 Å². The molecule has 376 valence electrons. The van der Waals surface area contributed by atoms with Crippen LogP contribution in [0.3, 0.4) is 0 Å². The van der Waals surface area contributed by atoms with Gasteiger partial charge in [-0.25, -0.2) is 4.57 Å². The average molecular weight is 945 g/mol. The number of nitrogens with zero attached hydrogens (tertiary/aromatic N) is 1. The standard InChI is InChI=1S/C54H90NO10P/c1-8-10-31-37-49(56)38-33-27-23-19-15-13-12-14-16-22-26-30-36-42-54(58)64-50(46-63-66(59,60)62-44-43-55(5,6)7)45-61-53(57)41-35-29-25-21-18-17-20-24-28-34-40-52-48(4)47(3)51(65-52)39-32-11-9-2/h10,13-16,23,26-27,30-31,33,38,49-50,56H,8-9,11-12,17-22,24-25,28-29,32,34-37,39-46H2,1-7H3/p+1/b15-13-,16-14-,27-23+,30-26-,31-10-,38-33+/t49?,50-/m1/s1. The summed E-state index contributed by atoms with van der Waals surface area (Å²) in [4.78, 5) is 35.6. The van der Waals surface area contributed by atoms with E-state index in [1.165, 1.54) is 80.4 Å². The Morgan fingerprint density at radius 1 is 0.667 bits per heavy atom. The maximum Gasteiger partial charge on any atom is 0.472 e. The molecule has 0 aliphatic heterocycles. The molecule has 0 fully saturated rings. The van der Waals surface area contributed by atoms with Crippen molar-refractivity contribution in [3.63, 3.8) is 0 Å². The van der Waals surface area contributed by atoms with Crippen molar-refractivity contribution in [2.24, 2.45) is 0 Å². The van der Waals surface area contributed by atoms with Gasteiger partial charge in [0.15, 0.2) is 6.10 Å². The molecule has 0 amide bonds. The molecule has 0 radical (unpaired) electrons. The van der Waals surface area contributed by atoms with Gasteiger partial charge in [0.25, 0.3) is 0 Å². The summed E-state index contributed by atoms with van der Waals surface area (Å²) in [5.74, 6) is 1.43. The summed E-state index contributed by atoms with van der Waals surface area (Å²) in [5.41, 5.74) is 2.68. The monoisotopic (exact) mass is 945 g/mol. The zero-order chi connectivity index (χ0) is 48.7. The van der Waals surface area contributed by atoms with Gasteiger partial charge in [-0.15, -0.1) is 0 Å². The lowest BCUT2D eigenvalue weighted by Crippen LogP contribution is -2.37. The molecule has 0 saturated heterocycles. The van der Waals surface area contributed by atoms with Crippen LogP contribution in [0.4, 0.5) is 0 Å². The highest BCUT2D eigenvalue weighted by Crippen LogP contribution is 2.43. The van der Waals surface area contributed by atoms with Crippen molar-refractivity contribution in [2.75, 3.05) is 47.5 Å². The largest absolute Gasteiger partial charge is 0.472 e. The van der Waals surface area contributed by atoms with E-state index in [0.29, 0.717) is 30.3 Å². The summed E-state index contributed by atoms with van der Waals surface area (Å²) in [5, 5.41) is 9.87. The number of carbonyl (C=O) groups is 2. The Hall–Kier alpha value is -3.31. The van der Waals surface area contributed by atoms with E-state index in [-0.39, 0.29) is 26.1 Å². The van der Waals surface area contributed by atoms with Crippen LogP contribution in [0.5, 0.6) is 0 Å². The molecular formula is C54H91NO10P+. The van der Waals surface area contributed by atoms with Crippen LogP contribution in [-0.2, 0) is 45.5 Å². The van der Waals surface area contributed by atoms with Crippen LogP contribution in [0.15, 0.2) is 77.3 Å². The van der Waals surface area contributed by atoms with Crippen LogP contribution in [0.2, 0.25) is 0 Å². The van der Waals surface area contributed by atoms with Gasteiger partial charge in [-0.1, -0.05) is 151 Å². The molecule has 3 atom stereocenters. The highest BCUT2D eigenvalue weighted by Gasteiger charge is 2.27. The van der Waals surface area contributed by atoms with Crippen LogP contribution < -0.4 is 0 Å². The Morgan fingerprint density at radius 3 is 1.82 bits per heavy atom. The number of aliphatic hydroxyl groups is 1. The summed E-state index contributed by atoms with van der Waals surface area (Å²) in [6, 6.07) is 0. The molecular weight excluding hydrogens is 854 g/mol. The molecule has 2 N–H and O–H groups in total. The number of carbonyl (C=O) groups excluding carboxylic acids is 2. The number of likely N-dealkylation sites (N-methyl/N-ethyl adjacent to an activating group) is 1. The second-order valence-corrected chi connectivity index (χ2v) is 19.7. The lowest BCUT2D eigenvalue weighted by molar-refractivity contribution is -0.870. The lowest BCUT2D eigenvalue weighted by Gasteiger charge is -2.24. The van der Waals surface area contributed by atoms with Crippen LogP contribution in [0, 0.1) is 13.8 Å². The second-order valence-electron chi connectivity index (χ2n) is 18.3. The van der Waals surface area contributed by atoms with Gasteiger partial charge >= 0.3 is 19.8 Å². The van der Waals surface area contributed by atoms with E-state index >= 15 is 0 Å². The predicted molar refractivity (Wildman–Crippen MR) is 270 cm³/mol. The Kier molecular flexibility index (Phi) is 35.5. The number of hydrogen-bond donors (Lipinski definition) is 2.